The van der Waals surface area contributed by atoms with Gasteiger partial charge in [0, 0.05) is 6.54 Å². The first-order valence-corrected chi connectivity index (χ1v) is 8.39. The normalized spacial score (nSPS) is 29.4. The predicted molar refractivity (Wildman–Crippen MR) is 89.5 cm³/mol. The number of benzene rings is 1. The summed E-state index contributed by atoms with van der Waals surface area (Å²) < 4.78 is 10.4. The van der Waals surface area contributed by atoms with E-state index in [1.165, 1.54) is 4.90 Å². The van der Waals surface area contributed by atoms with E-state index < -0.39 is 43.2 Å². The van der Waals surface area contributed by atoms with E-state index in [-0.39, 0.29) is 19.8 Å². The fourth-order valence-corrected chi connectivity index (χ4v) is 2.88. The molecule has 1 fully saturated rings. The first-order chi connectivity index (χ1) is 12.4. The Bertz CT molecular complexity index is 581. The smallest absolute Gasteiger partial charge is 0.338 e. The third kappa shape index (κ3) is 4.50. The number of ether oxygens (including phenoxy) is 2. The second kappa shape index (κ2) is 9.26. The molecule has 2 rings (SSSR count). The van der Waals surface area contributed by atoms with Crippen LogP contribution in [0, 0.1) is 0 Å². The lowest BCUT2D eigenvalue weighted by atomic mass is 9.93. The Balaban J connectivity index is 1.92. The van der Waals surface area contributed by atoms with Gasteiger partial charge in [-0.05, 0) is 31.2 Å². The van der Waals surface area contributed by atoms with Crippen LogP contribution >= 0.6 is 0 Å². The fourth-order valence-electron chi connectivity index (χ4n) is 2.88. The molecule has 0 aromatic heterocycles. The van der Waals surface area contributed by atoms with Gasteiger partial charge in [0.1, 0.15) is 36.9 Å². The van der Waals surface area contributed by atoms with Crippen LogP contribution < -0.4 is 4.74 Å². The van der Waals surface area contributed by atoms with Crippen LogP contribution in [0.25, 0.3) is 0 Å². The topological polar surface area (TPSA) is 140 Å². The standard InChI is InChI=1S/C17H25NO8/c1-2-25-17(24)10-3-5-11(6-4-10)26-8-7-18-12(9-19)13(20)14(21)15(22)16(18)23/h3-6,12-16,19-23H,2,7-9H2,1H3/t12-,13-,14+,15-,16?/m1/s1. The molecule has 1 unspecified atom stereocenters. The Hall–Kier alpha value is -1.75. The predicted octanol–water partition coefficient (Wildman–Crippen LogP) is -1.68. The lowest BCUT2D eigenvalue weighted by Crippen LogP contribution is -2.67. The number of hydrogen-bond acceptors (Lipinski definition) is 9. The summed E-state index contributed by atoms with van der Waals surface area (Å²) in [5, 5.41) is 48.9. The zero-order valence-electron chi connectivity index (χ0n) is 14.4. The van der Waals surface area contributed by atoms with E-state index in [9.17, 15) is 30.3 Å². The number of piperidine rings is 1. The highest BCUT2D eigenvalue weighted by Gasteiger charge is 2.46. The van der Waals surface area contributed by atoms with Gasteiger partial charge in [-0.15, -0.1) is 0 Å². The number of likely N-dealkylation sites (tertiary alicyclic amines) is 1. The minimum atomic E-state index is -1.56. The molecule has 0 amide bonds. The molecule has 0 radical (unpaired) electrons. The first kappa shape index (κ1) is 20.6. The average Bonchev–Trinajstić information content (AvgIpc) is 2.65. The van der Waals surface area contributed by atoms with Gasteiger partial charge in [0.15, 0.2) is 0 Å². The SMILES string of the molecule is CCOC(=O)c1ccc(OCCN2C(O)[C@H](O)[C@@H](O)[C@H](O)[C@H]2CO)cc1. The molecule has 26 heavy (non-hydrogen) atoms. The van der Waals surface area contributed by atoms with Crippen LogP contribution in [-0.4, -0.2) is 93.3 Å². The van der Waals surface area contributed by atoms with Crippen LogP contribution in [0.5, 0.6) is 5.75 Å². The number of carbonyl (C=O) groups is 1. The lowest BCUT2D eigenvalue weighted by molar-refractivity contribution is -0.223. The third-order valence-corrected chi connectivity index (χ3v) is 4.34. The summed E-state index contributed by atoms with van der Waals surface area (Å²) in [7, 11) is 0. The summed E-state index contributed by atoms with van der Waals surface area (Å²) in [5.41, 5.74) is 0.395. The maximum Gasteiger partial charge on any atom is 0.338 e. The van der Waals surface area contributed by atoms with Crippen molar-refractivity contribution in [2.45, 2.75) is 37.5 Å². The number of aliphatic hydroxyl groups excluding tert-OH is 5. The molecule has 0 aliphatic carbocycles. The maximum atomic E-state index is 11.6. The van der Waals surface area contributed by atoms with E-state index in [4.69, 9.17) is 9.47 Å². The van der Waals surface area contributed by atoms with Crippen molar-refractivity contribution in [1.29, 1.82) is 0 Å². The van der Waals surface area contributed by atoms with Crippen molar-refractivity contribution in [3.05, 3.63) is 29.8 Å². The average molecular weight is 371 g/mol. The van der Waals surface area contributed by atoms with Gasteiger partial charge in [0.25, 0.3) is 0 Å². The number of hydrogen-bond donors (Lipinski definition) is 5. The summed E-state index contributed by atoms with van der Waals surface area (Å²) >= 11 is 0. The monoisotopic (exact) mass is 371 g/mol. The molecule has 0 bridgehead atoms. The minimum absolute atomic E-state index is 0.0852. The Kier molecular flexibility index (Phi) is 7.33. The summed E-state index contributed by atoms with van der Waals surface area (Å²) in [6, 6.07) is 5.37. The highest BCUT2D eigenvalue weighted by molar-refractivity contribution is 5.89. The fraction of sp³-hybridized carbons (Fsp3) is 0.588. The van der Waals surface area contributed by atoms with Crippen molar-refractivity contribution in [3.63, 3.8) is 0 Å². The Labute approximate surface area is 151 Å². The summed E-state index contributed by atoms with van der Waals surface area (Å²) in [5.74, 6) is 0.0500. The molecule has 9 heteroatoms. The summed E-state index contributed by atoms with van der Waals surface area (Å²) in [4.78, 5) is 12.9. The molecule has 5 N–H and O–H groups in total. The molecular formula is C17H25NO8. The molecule has 0 saturated carbocycles. The quantitative estimate of drug-likeness (QED) is 0.356. The molecule has 5 atom stereocenters. The van der Waals surface area contributed by atoms with E-state index in [0.717, 1.165) is 0 Å². The van der Waals surface area contributed by atoms with Crippen molar-refractivity contribution in [2.75, 3.05) is 26.4 Å². The second-order valence-electron chi connectivity index (χ2n) is 5.97. The zero-order chi connectivity index (χ0) is 19.3. The lowest BCUT2D eigenvalue weighted by Gasteiger charge is -2.46. The van der Waals surface area contributed by atoms with E-state index in [1.807, 2.05) is 0 Å². The van der Waals surface area contributed by atoms with Crippen LogP contribution in [0.1, 0.15) is 17.3 Å². The Morgan fingerprint density at radius 3 is 2.31 bits per heavy atom. The van der Waals surface area contributed by atoms with Crippen molar-refractivity contribution >= 4 is 5.97 Å². The zero-order valence-corrected chi connectivity index (χ0v) is 14.4. The van der Waals surface area contributed by atoms with E-state index >= 15 is 0 Å². The molecule has 1 saturated heterocycles. The summed E-state index contributed by atoms with van der Waals surface area (Å²) in [6.45, 7) is 1.68. The minimum Gasteiger partial charge on any atom is -0.492 e. The van der Waals surface area contributed by atoms with Crippen LogP contribution in [-0.2, 0) is 4.74 Å². The van der Waals surface area contributed by atoms with E-state index in [2.05, 4.69) is 0 Å². The first-order valence-electron chi connectivity index (χ1n) is 8.39. The Morgan fingerprint density at radius 1 is 1.08 bits per heavy atom. The van der Waals surface area contributed by atoms with Crippen molar-refractivity contribution < 1.29 is 39.8 Å². The highest BCUT2D eigenvalue weighted by atomic mass is 16.5. The van der Waals surface area contributed by atoms with E-state index in [1.54, 1.807) is 31.2 Å². The molecule has 0 spiro atoms. The Morgan fingerprint density at radius 2 is 1.73 bits per heavy atom. The molecule has 146 valence electrons. The van der Waals surface area contributed by atoms with Gasteiger partial charge in [0.05, 0.1) is 24.8 Å². The van der Waals surface area contributed by atoms with Crippen LogP contribution in [0.15, 0.2) is 24.3 Å². The van der Waals surface area contributed by atoms with Crippen molar-refractivity contribution in [1.82, 2.24) is 4.90 Å². The van der Waals surface area contributed by atoms with Gasteiger partial charge in [-0.1, -0.05) is 0 Å². The number of aliphatic hydroxyl groups is 5. The van der Waals surface area contributed by atoms with Crippen molar-refractivity contribution in [2.24, 2.45) is 0 Å². The van der Waals surface area contributed by atoms with Crippen LogP contribution in [0.2, 0.25) is 0 Å². The van der Waals surface area contributed by atoms with Gasteiger partial charge in [0.2, 0.25) is 0 Å². The molecule has 1 aliphatic heterocycles. The number of carbonyl (C=O) groups excluding carboxylic acids is 1. The highest BCUT2D eigenvalue weighted by Crippen LogP contribution is 2.23. The van der Waals surface area contributed by atoms with Gasteiger partial charge in [-0.25, -0.2) is 4.79 Å². The van der Waals surface area contributed by atoms with Crippen LogP contribution in [0.3, 0.4) is 0 Å². The molecule has 1 heterocycles. The van der Waals surface area contributed by atoms with Crippen LogP contribution in [0.4, 0.5) is 0 Å². The molecule has 1 aromatic carbocycles. The van der Waals surface area contributed by atoms with Gasteiger partial charge in [-0.3, -0.25) is 4.90 Å². The maximum absolute atomic E-state index is 11.6. The summed E-state index contributed by atoms with van der Waals surface area (Å²) in [6.07, 6.45) is -5.95. The largest absolute Gasteiger partial charge is 0.492 e. The van der Waals surface area contributed by atoms with Gasteiger partial charge in [-0.2, -0.15) is 0 Å². The van der Waals surface area contributed by atoms with E-state index in [0.29, 0.717) is 11.3 Å². The number of esters is 1. The number of nitrogens with zero attached hydrogens (tertiary/aromatic N) is 1. The second-order valence-corrected chi connectivity index (χ2v) is 5.97. The molecular weight excluding hydrogens is 346 g/mol. The number of rotatable bonds is 7. The molecule has 1 aromatic rings. The van der Waals surface area contributed by atoms with Gasteiger partial charge < -0.3 is 35.0 Å². The molecule has 1 aliphatic rings. The molecule has 9 nitrogen and oxygen atoms in total. The third-order valence-electron chi connectivity index (χ3n) is 4.34. The van der Waals surface area contributed by atoms with Crippen molar-refractivity contribution in [3.8, 4) is 5.75 Å². The van der Waals surface area contributed by atoms with Gasteiger partial charge >= 0.3 is 5.97 Å².